The van der Waals surface area contributed by atoms with Crippen molar-refractivity contribution < 1.29 is 9.53 Å². The van der Waals surface area contributed by atoms with Crippen molar-refractivity contribution in [1.82, 2.24) is 4.90 Å². The Balaban J connectivity index is 1.97. The quantitative estimate of drug-likeness (QED) is 0.806. The van der Waals surface area contributed by atoms with Gasteiger partial charge in [0.2, 0.25) is 5.91 Å². The lowest BCUT2D eigenvalue weighted by atomic mass is 10.1. The molecule has 5 heteroatoms. The largest absolute Gasteiger partial charge is 0.376 e. The highest BCUT2D eigenvalue weighted by atomic mass is 32.2. The first-order valence-electron chi connectivity index (χ1n) is 7.47. The molecule has 0 radical (unpaired) electrons. The molecule has 0 spiro atoms. The van der Waals surface area contributed by atoms with Crippen LogP contribution in [-0.2, 0) is 9.53 Å². The van der Waals surface area contributed by atoms with Crippen LogP contribution in [0.3, 0.4) is 0 Å². The topological polar surface area (TPSA) is 55.6 Å². The lowest BCUT2D eigenvalue weighted by Gasteiger charge is -2.32. The average Bonchev–Trinajstić information content (AvgIpc) is 3.08. The maximum absolute atomic E-state index is 12.5. The Morgan fingerprint density at radius 2 is 2.37 bits per heavy atom. The molecule has 2 saturated heterocycles. The normalized spacial score (nSPS) is 28.5. The number of ether oxygens (including phenoxy) is 1. The summed E-state index contributed by atoms with van der Waals surface area (Å²) < 4.78 is 5.69. The molecule has 2 fully saturated rings. The third kappa shape index (κ3) is 4.10. The number of rotatable bonds is 6. The summed E-state index contributed by atoms with van der Waals surface area (Å²) in [5.74, 6) is 2.34. The van der Waals surface area contributed by atoms with Crippen molar-refractivity contribution >= 4 is 17.7 Å². The fraction of sp³-hybridized carbons (Fsp3) is 0.929. The van der Waals surface area contributed by atoms with Crippen LogP contribution in [0.25, 0.3) is 0 Å². The maximum atomic E-state index is 12.5. The van der Waals surface area contributed by atoms with Gasteiger partial charge in [-0.1, -0.05) is 13.3 Å². The minimum atomic E-state index is -0.336. The van der Waals surface area contributed by atoms with Gasteiger partial charge in [0.1, 0.15) is 0 Å². The summed E-state index contributed by atoms with van der Waals surface area (Å²) in [6, 6.07) is 0.0293. The number of thioether (sulfide) groups is 1. The first-order chi connectivity index (χ1) is 9.22. The summed E-state index contributed by atoms with van der Waals surface area (Å²) in [4.78, 5) is 14.6. The van der Waals surface area contributed by atoms with E-state index >= 15 is 0 Å². The van der Waals surface area contributed by atoms with Crippen LogP contribution in [0.5, 0.6) is 0 Å². The Labute approximate surface area is 120 Å². The summed E-state index contributed by atoms with van der Waals surface area (Å²) in [7, 11) is 0. The van der Waals surface area contributed by atoms with Crippen LogP contribution >= 0.6 is 11.8 Å². The Bertz CT molecular complexity index is 289. The van der Waals surface area contributed by atoms with Crippen molar-refractivity contribution in [2.45, 2.75) is 57.2 Å². The lowest BCUT2D eigenvalue weighted by Crippen LogP contribution is -2.51. The highest BCUT2D eigenvalue weighted by Crippen LogP contribution is 2.25. The van der Waals surface area contributed by atoms with E-state index in [0.717, 1.165) is 56.8 Å². The zero-order chi connectivity index (χ0) is 13.7. The number of amides is 1. The molecule has 2 aliphatic rings. The molecule has 19 heavy (non-hydrogen) atoms. The van der Waals surface area contributed by atoms with Crippen molar-refractivity contribution in [3.8, 4) is 0 Å². The van der Waals surface area contributed by atoms with Crippen molar-refractivity contribution in [2.24, 2.45) is 5.73 Å². The number of hydrogen-bond acceptors (Lipinski definition) is 4. The molecule has 0 aromatic rings. The molecule has 2 heterocycles. The van der Waals surface area contributed by atoms with E-state index < -0.39 is 0 Å². The minimum absolute atomic E-state index is 0.129. The van der Waals surface area contributed by atoms with Gasteiger partial charge in [-0.15, -0.1) is 0 Å². The van der Waals surface area contributed by atoms with Crippen LogP contribution in [0, 0.1) is 0 Å². The SMILES string of the molecule is CCCC(N)C(=O)N(CC1CCCO1)C1CCSC1. The average molecular weight is 286 g/mol. The monoisotopic (exact) mass is 286 g/mol. The second kappa shape index (κ2) is 7.50. The van der Waals surface area contributed by atoms with Crippen LogP contribution in [0.2, 0.25) is 0 Å². The van der Waals surface area contributed by atoms with Gasteiger partial charge >= 0.3 is 0 Å². The first kappa shape index (κ1) is 15.1. The van der Waals surface area contributed by atoms with Crippen molar-refractivity contribution in [1.29, 1.82) is 0 Å². The molecule has 2 aliphatic heterocycles. The Hall–Kier alpha value is -0.260. The van der Waals surface area contributed by atoms with Crippen molar-refractivity contribution in [3.63, 3.8) is 0 Å². The maximum Gasteiger partial charge on any atom is 0.239 e. The van der Waals surface area contributed by atoms with E-state index in [1.54, 1.807) is 0 Å². The molecule has 2 N–H and O–H groups in total. The second-order valence-electron chi connectivity index (χ2n) is 5.54. The van der Waals surface area contributed by atoms with E-state index in [-0.39, 0.29) is 18.1 Å². The molecule has 0 aliphatic carbocycles. The van der Waals surface area contributed by atoms with Gasteiger partial charge in [-0.2, -0.15) is 11.8 Å². The molecule has 3 atom stereocenters. The van der Waals surface area contributed by atoms with Crippen LogP contribution in [-0.4, -0.2) is 53.7 Å². The van der Waals surface area contributed by atoms with Crippen LogP contribution in [0.15, 0.2) is 0 Å². The summed E-state index contributed by atoms with van der Waals surface area (Å²) in [5.41, 5.74) is 6.03. The zero-order valence-electron chi connectivity index (χ0n) is 11.8. The second-order valence-corrected chi connectivity index (χ2v) is 6.69. The Morgan fingerprint density at radius 3 is 2.95 bits per heavy atom. The van der Waals surface area contributed by atoms with E-state index in [9.17, 15) is 4.79 Å². The summed E-state index contributed by atoms with van der Waals surface area (Å²) in [6.07, 6.45) is 5.26. The first-order valence-corrected chi connectivity index (χ1v) is 8.63. The van der Waals surface area contributed by atoms with Gasteiger partial charge in [0, 0.05) is 24.9 Å². The number of nitrogens with two attached hydrogens (primary N) is 1. The van der Waals surface area contributed by atoms with Gasteiger partial charge < -0.3 is 15.4 Å². The Kier molecular flexibility index (Phi) is 5.98. The van der Waals surface area contributed by atoms with E-state index in [1.807, 2.05) is 16.7 Å². The smallest absolute Gasteiger partial charge is 0.239 e. The molecule has 0 aromatic carbocycles. The third-order valence-electron chi connectivity index (χ3n) is 3.97. The molecule has 110 valence electrons. The number of nitrogens with zero attached hydrogens (tertiary/aromatic N) is 1. The van der Waals surface area contributed by atoms with E-state index in [0.29, 0.717) is 6.04 Å². The summed E-state index contributed by atoms with van der Waals surface area (Å²) in [5, 5.41) is 0. The molecule has 0 aromatic heterocycles. The van der Waals surface area contributed by atoms with Crippen molar-refractivity contribution in [2.75, 3.05) is 24.7 Å². The van der Waals surface area contributed by atoms with Crippen LogP contribution in [0.1, 0.15) is 39.0 Å². The highest BCUT2D eigenvalue weighted by Gasteiger charge is 2.32. The standard InChI is InChI=1S/C14H26N2O2S/c1-2-4-13(15)14(17)16(11-6-8-19-10-11)9-12-5-3-7-18-12/h11-13H,2-10,15H2,1H3. The zero-order valence-corrected chi connectivity index (χ0v) is 12.7. The lowest BCUT2D eigenvalue weighted by molar-refractivity contribution is -0.136. The van der Waals surface area contributed by atoms with Crippen molar-refractivity contribution in [3.05, 3.63) is 0 Å². The fourth-order valence-electron chi connectivity index (χ4n) is 2.84. The predicted octanol–water partition coefficient (Wildman–Crippen LogP) is 1.63. The van der Waals surface area contributed by atoms with Gasteiger partial charge in [0.05, 0.1) is 12.1 Å². The molecule has 0 saturated carbocycles. The van der Waals surface area contributed by atoms with E-state index in [4.69, 9.17) is 10.5 Å². The molecule has 1 amide bonds. The summed E-state index contributed by atoms with van der Waals surface area (Å²) >= 11 is 1.94. The highest BCUT2D eigenvalue weighted by molar-refractivity contribution is 7.99. The van der Waals surface area contributed by atoms with Gasteiger partial charge in [-0.25, -0.2) is 0 Å². The third-order valence-corrected chi connectivity index (χ3v) is 5.12. The van der Waals surface area contributed by atoms with Crippen LogP contribution in [0.4, 0.5) is 0 Å². The summed E-state index contributed by atoms with van der Waals surface area (Å²) in [6.45, 7) is 3.65. The van der Waals surface area contributed by atoms with E-state index in [2.05, 4.69) is 6.92 Å². The van der Waals surface area contributed by atoms with E-state index in [1.165, 1.54) is 0 Å². The molecule has 2 rings (SSSR count). The number of carbonyl (C=O) groups excluding carboxylic acids is 1. The minimum Gasteiger partial charge on any atom is -0.376 e. The fourth-order valence-corrected chi connectivity index (χ4v) is 4.07. The van der Waals surface area contributed by atoms with Gasteiger partial charge in [-0.05, 0) is 31.4 Å². The van der Waals surface area contributed by atoms with Gasteiger partial charge in [0.25, 0.3) is 0 Å². The molecule has 0 bridgehead atoms. The van der Waals surface area contributed by atoms with Gasteiger partial charge in [-0.3, -0.25) is 4.79 Å². The molecular weight excluding hydrogens is 260 g/mol. The molecule has 4 nitrogen and oxygen atoms in total. The van der Waals surface area contributed by atoms with Gasteiger partial charge in [0.15, 0.2) is 0 Å². The molecule has 3 unspecified atom stereocenters. The number of hydrogen-bond donors (Lipinski definition) is 1. The molecular formula is C14H26N2O2S. The number of carbonyl (C=O) groups is 1. The predicted molar refractivity (Wildman–Crippen MR) is 79.3 cm³/mol. The van der Waals surface area contributed by atoms with Crippen LogP contribution < -0.4 is 5.73 Å². The Morgan fingerprint density at radius 1 is 1.53 bits per heavy atom.